The Morgan fingerprint density at radius 1 is 1.18 bits per heavy atom. The maximum Gasteiger partial charge on any atom is 0.275 e. The van der Waals surface area contributed by atoms with Crippen LogP contribution < -0.4 is 0 Å². The summed E-state index contributed by atoms with van der Waals surface area (Å²) in [6, 6.07) is -0.670. The number of nitrogens with zero attached hydrogens (tertiary/aromatic N) is 3. The Morgan fingerprint density at radius 3 is 2.32 bits per heavy atom. The van der Waals surface area contributed by atoms with Crippen molar-refractivity contribution >= 4 is 5.91 Å². The summed E-state index contributed by atoms with van der Waals surface area (Å²) in [5.41, 5.74) is 0. The van der Waals surface area contributed by atoms with Crippen molar-refractivity contribution in [1.29, 1.82) is 0 Å². The van der Waals surface area contributed by atoms with Gasteiger partial charge in [0.05, 0.1) is 12.6 Å². The average molecular weight is 317 g/mol. The first kappa shape index (κ1) is 17.6. The summed E-state index contributed by atoms with van der Waals surface area (Å²) in [6.07, 6.45) is 1.43. The highest BCUT2D eigenvalue weighted by atomic mass is 19.3. The molecule has 128 valence electrons. The Bertz CT molecular complexity index is 382. The molecule has 4 nitrogen and oxygen atoms in total. The van der Waals surface area contributed by atoms with Crippen molar-refractivity contribution in [1.82, 2.24) is 14.7 Å². The minimum absolute atomic E-state index is 0.0229. The van der Waals surface area contributed by atoms with Crippen LogP contribution >= 0.6 is 0 Å². The van der Waals surface area contributed by atoms with Crippen LogP contribution in [0.4, 0.5) is 8.78 Å². The maximum absolute atomic E-state index is 14.4. The van der Waals surface area contributed by atoms with E-state index in [1.54, 1.807) is 0 Å². The Hall–Kier alpha value is -0.750. The van der Waals surface area contributed by atoms with Crippen LogP contribution in [0.5, 0.6) is 0 Å². The molecule has 2 saturated heterocycles. The first-order valence-corrected chi connectivity index (χ1v) is 8.48. The zero-order valence-corrected chi connectivity index (χ0v) is 14.0. The van der Waals surface area contributed by atoms with Gasteiger partial charge in [0.15, 0.2) is 0 Å². The summed E-state index contributed by atoms with van der Waals surface area (Å²) in [4.78, 5) is 17.6. The van der Waals surface area contributed by atoms with Gasteiger partial charge in [-0.25, -0.2) is 8.78 Å². The van der Waals surface area contributed by atoms with Crippen LogP contribution in [-0.2, 0) is 4.79 Å². The monoisotopic (exact) mass is 317 g/mol. The van der Waals surface area contributed by atoms with Crippen LogP contribution in [-0.4, -0.2) is 78.4 Å². The van der Waals surface area contributed by atoms with Gasteiger partial charge in [-0.15, -0.1) is 0 Å². The minimum Gasteiger partial charge on any atom is -0.340 e. The number of hydrogen-bond acceptors (Lipinski definition) is 3. The molecule has 2 fully saturated rings. The highest BCUT2D eigenvalue weighted by Gasteiger charge is 2.47. The topological polar surface area (TPSA) is 26.8 Å². The number of amides is 1. The number of carbonyl (C=O) groups excluding carboxylic acids is 1. The molecular weight excluding hydrogens is 288 g/mol. The van der Waals surface area contributed by atoms with E-state index >= 15 is 0 Å². The number of piperidine rings is 1. The van der Waals surface area contributed by atoms with Crippen LogP contribution in [0.3, 0.4) is 0 Å². The smallest absolute Gasteiger partial charge is 0.275 e. The first-order chi connectivity index (χ1) is 10.3. The molecule has 2 aliphatic rings. The summed E-state index contributed by atoms with van der Waals surface area (Å²) in [6.45, 7) is 9.42. The van der Waals surface area contributed by atoms with Gasteiger partial charge in [-0.2, -0.15) is 0 Å². The van der Waals surface area contributed by atoms with Gasteiger partial charge in [0.2, 0.25) is 5.91 Å². The fourth-order valence-corrected chi connectivity index (χ4v) is 3.57. The average Bonchev–Trinajstić information content (AvgIpc) is 2.46. The van der Waals surface area contributed by atoms with Crippen molar-refractivity contribution in [3.63, 3.8) is 0 Å². The van der Waals surface area contributed by atoms with Crippen molar-refractivity contribution in [2.45, 2.75) is 45.6 Å². The molecule has 2 heterocycles. The summed E-state index contributed by atoms with van der Waals surface area (Å²) in [5.74, 6) is -2.55. The highest BCUT2D eigenvalue weighted by Crippen LogP contribution is 2.32. The summed E-state index contributed by atoms with van der Waals surface area (Å²) in [7, 11) is 0. The van der Waals surface area contributed by atoms with E-state index in [4.69, 9.17) is 0 Å². The quantitative estimate of drug-likeness (QED) is 0.792. The van der Waals surface area contributed by atoms with E-state index in [0.29, 0.717) is 32.6 Å². The molecule has 0 spiro atoms. The van der Waals surface area contributed by atoms with E-state index in [1.807, 2.05) is 35.5 Å². The number of halogens is 2. The van der Waals surface area contributed by atoms with Crippen molar-refractivity contribution in [3.8, 4) is 0 Å². The van der Waals surface area contributed by atoms with Crippen LogP contribution in [0.1, 0.15) is 33.6 Å². The van der Waals surface area contributed by atoms with Gasteiger partial charge in [0.1, 0.15) is 0 Å². The molecule has 6 heteroatoms. The van der Waals surface area contributed by atoms with Crippen molar-refractivity contribution in [2.75, 3.05) is 45.8 Å². The molecule has 1 unspecified atom stereocenters. The lowest BCUT2D eigenvalue weighted by Crippen LogP contribution is -2.62. The van der Waals surface area contributed by atoms with E-state index in [1.165, 1.54) is 0 Å². The normalized spacial score (nSPS) is 27.4. The zero-order chi connectivity index (χ0) is 16.3. The second kappa shape index (κ2) is 7.21. The number of hydrogen-bond donors (Lipinski definition) is 0. The lowest BCUT2D eigenvalue weighted by Gasteiger charge is -2.46. The third kappa shape index (κ3) is 3.96. The Labute approximate surface area is 132 Å². The Balaban J connectivity index is 1.90. The molecule has 0 aromatic carbocycles. The van der Waals surface area contributed by atoms with E-state index < -0.39 is 12.0 Å². The van der Waals surface area contributed by atoms with Gasteiger partial charge >= 0.3 is 0 Å². The summed E-state index contributed by atoms with van der Waals surface area (Å²) in [5, 5.41) is 0. The minimum atomic E-state index is -2.66. The maximum atomic E-state index is 14.4. The lowest BCUT2D eigenvalue weighted by molar-refractivity contribution is -0.145. The Morgan fingerprint density at radius 2 is 1.82 bits per heavy atom. The highest BCUT2D eigenvalue weighted by molar-refractivity contribution is 5.78. The second-order valence-electron chi connectivity index (χ2n) is 6.86. The third-order valence-corrected chi connectivity index (χ3v) is 4.74. The first-order valence-electron chi connectivity index (χ1n) is 8.48. The molecule has 0 N–H and O–H groups in total. The molecule has 0 radical (unpaired) electrons. The van der Waals surface area contributed by atoms with Gasteiger partial charge < -0.3 is 4.90 Å². The summed E-state index contributed by atoms with van der Waals surface area (Å²) >= 11 is 0. The molecule has 0 bridgehead atoms. The van der Waals surface area contributed by atoms with E-state index in [9.17, 15) is 13.6 Å². The van der Waals surface area contributed by atoms with Gasteiger partial charge in [-0.1, -0.05) is 20.8 Å². The van der Waals surface area contributed by atoms with Gasteiger partial charge in [0, 0.05) is 38.6 Å². The van der Waals surface area contributed by atoms with E-state index in [2.05, 4.69) is 0 Å². The molecule has 0 aromatic heterocycles. The molecule has 2 aliphatic heterocycles. The SMILES string of the molecule is CCCN1CCC(N2CCN(C(=O)C(C)C)CC2)C(F)(F)C1. The zero-order valence-electron chi connectivity index (χ0n) is 14.0. The molecule has 1 amide bonds. The summed E-state index contributed by atoms with van der Waals surface area (Å²) < 4.78 is 28.9. The van der Waals surface area contributed by atoms with Crippen LogP contribution in [0, 0.1) is 5.92 Å². The number of piperazine rings is 1. The number of rotatable bonds is 4. The Kier molecular flexibility index (Phi) is 5.77. The number of carbonyl (C=O) groups is 1. The van der Waals surface area contributed by atoms with Gasteiger partial charge in [-0.3, -0.25) is 14.6 Å². The standard InChI is InChI=1S/C16H29F2N3O/c1-4-6-19-7-5-14(16(17,18)12-19)20-8-10-21(11-9-20)15(22)13(2)3/h13-14H,4-12H2,1-3H3. The molecule has 0 saturated carbocycles. The van der Waals surface area contributed by atoms with Gasteiger partial charge in [-0.05, 0) is 19.4 Å². The van der Waals surface area contributed by atoms with Crippen molar-refractivity contribution in [3.05, 3.63) is 0 Å². The molecular formula is C16H29F2N3O. The predicted octanol–water partition coefficient (Wildman–Crippen LogP) is 1.91. The third-order valence-electron chi connectivity index (χ3n) is 4.74. The molecule has 1 atom stereocenters. The lowest BCUT2D eigenvalue weighted by atomic mass is 9.97. The molecule has 0 aromatic rings. The van der Waals surface area contributed by atoms with E-state index in [-0.39, 0.29) is 18.4 Å². The fourth-order valence-electron chi connectivity index (χ4n) is 3.57. The number of likely N-dealkylation sites (tertiary alicyclic amines) is 1. The number of alkyl halides is 2. The van der Waals surface area contributed by atoms with Gasteiger partial charge in [0.25, 0.3) is 5.92 Å². The predicted molar refractivity (Wildman–Crippen MR) is 83.1 cm³/mol. The molecule has 0 aliphatic carbocycles. The second-order valence-corrected chi connectivity index (χ2v) is 6.86. The van der Waals surface area contributed by atoms with Crippen molar-refractivity contribution in [2.24, 2.45) is 5.92 Å². The largest absolute Gasteiger partial charge is 0.340 e. The fraction of sp³-hybridized carbons (Fsp3) is 0.938. The van der Waals surface area contributed by atoms with Crippen LogP contribution in [0.2, 0.25) is 0 Å². The van der Waals surface area contributed by atoms with E-state index in [0.717, 1.165) is 19.5 Å². The van der Waals surface area contributed by atoms with Crippen LogP contribution in [0.15, 0.2) is 0 Å². The molecule has 2 rings (SSSR count). The molecule has 22 heavy (non-hydrogen) atoms. The van der Waals surface area contributed by atoms with Crippen molar-refractivity contribution < 1.29 is 13.6 Å². The van der Waals surface area contributed by atoms with Crippen LogP contribution in [0.25, 0.3) is 0 Å².